The summed E-state index contributed by atoms with van der Waals surface area (Å²) in [6.07, 6.45) is 4.15. The number of rotatable bonds is 6. The lowest BCUT2D eigenvalue weighted by Gasteiger charge is -2.21. The minimum absolute atomic E-state index is 0.388. The summed E-state index contributed by atoms with van der Waals surface area (Å²) in [5.74, 6) is 0.685. The summed E-state index contributed by atoms with van der Waals surface area (Å²) >= 11 is 0. The highest BCUT2D eigenvalue weighted by molar-refractivity contribution is 7.89. The van der Waals surface area contributed by atoms with Crippen LogP contribution in [0.4, 0.5) is 0 Å². The van der Waals surface area contributed by atoms with Gasteiger partial charge in [0, 0.05) is 19.8 Å². The first-order valence-corrected chi connectivity index (χ1v) is 9.12. The van der Waals surface area contributed by atoms with E-state index in [0.29, 0.717) is 17.4 Å². The molecule has 0 saturated carbocycles. The maximum atomic E-state index is 12.3. The minimum atomic E-state index is -3.39. The molecule has 0 radical (unpaired) electrons. The standard InChI is InChI=1S/C16H25NO3S/c1-13-5-6-16(14(2)12-13)21(18,19)17-9-3-4-15-7-10-20-11-8-15/h5-6,12,15,17H,3-4,7-11H2,1-2H3. The predicted molar refractivity (Wildman–Crippen MR) is 83.9 cm³/mol. The van der Waals surface area contributed by atoms with E-state index in [1.807, 2.05) is 26.0 Å². The number of hydrogen-bond acceptors (Lipinski definition) is 3. The molecule has 1 N–H and O–H groups in total. The lowest BCUT2D eigenvalue weighted by molar-refractivity contribution is 0.0634. The molecule has 0 bridgehead atoms. The maximum absolute atomic E-state index is 12.3. The second kappa shape index (κ2) is 7.38. The summed E-state index contributed by atoms with van der Waals surface area (Å²) in [7, 11) is -3.39. The van der Waals surface area contributed by atoms with Gasteiger partial charge in [0.25, 0.3) is 0 Å². The maximum Gasteiger partial charge on any atom is 0.240 e. The molecule has 5 heteroatoms. The molecule has 0 amide bonds. The van der Waals surface area contributed by atoms with Crippen molar-refractivity contribution in [2.75, 3.05) is 19.8 Å². The molecular weight excluding hydrogens is 286 g/mol. The van der Waals surface area contributed by atoms with E-state index >= 15 is 0 Å². The van der Waals surface area contributed by atoms with Crippen molar-refractivity contribution < 1.29 is 13.2 Å². The molecule has 21 heavy (non-hydrogen) atoms. The molecule has 2 rings (SSSR count). The molecule has 0 aromatic heterocycles. The van der Waals surface area contributed by atoms with Crippen LogP contribution in [0.15, 0.2) is 23.1 Å². The van der Waals surface area contributed by atoms with E-state index < -0.39 is 10.0 Å². The van der Waals surface area contributed by atoms with Gasteiger partial charge in [0.05, 0.1) is 4.90 Å². The van der Waals surface area contributed by atoms with Gasteiger partial charge in [0.1, 0.15) is 0 Å². The minimum Gasteiger partial charge on any atom is -0.381 e. The molecule has 1 aromatic carbocycles. The van der Waals surface area contributed by atoms with Crippen LogP contribution in [0.5, 0.6) is 0 Å². The molecule has 1 fully saturated rings. The van der Waals surface area contributed by atoms with Crippen LogP contribution in [0.1, 0.15) is 36.8 Å². The molecule has 4 nitrogen and oxygen atoms in total. The average Bonchev–Trinajstić information content (AvgIpc) is 2.44. The fourth-order valence-electron chi connectivity index (χ4n) is 2.81. The van der Waals surface area contributed by atoms with Crippen molar-refractivity contribution >= 4 is 10.0 Å². The van der Waals surface area contributed by atoms with Gasteiger partial charge in [-0.1, -0.05) is 17.7 Å². The van der Waals surface area contributed by atoms with Crippen molar-refractivity contribution in [2.24, 2.45) is 5.92 Å². The largest absolute Gasteiger partial charge is 0.381 e. The summed E-state index contributed by atoms with van der Waals surface area (Å²) in [4.78, 5) is 0.388. The molecule has 1 aromatic rings. The van der Waals surface area contributed by atoms with Gasteiger partial charge in [-0.3, -0.25) is 0 Å². The molecule has 0 spiro atoms. The summed E-state index contributed by atoms with van der Waals surface area (Å²) < 4.78 is 32.6. The predicted octanol–water partition coefficient (Wildman–Crippen LogP) is 2.79. The van der Waals surface area contributed by atoms with Gasteiger partial charge in [-0.2, -0.15) is 0 Å². The molecule has 0 unspecified atom stereocenters. The lowest BCUT2D eigenvalue weighted by Crippen LogP contribution is -2.26. The zero-order chi connectivity index (χ0) is 15.3. The van der Waals surface area contributed by atoms with Gasteiger partial charge in [0.15, 0.2) is 0 Å². The van der Waals surface area contributed by atoms with Gasteiger partial charge in [-0.15, -0.1) is 0 Å². The van der Waals surface area contributed by atoms with Gasteiger partial charge in [-0.05, 0) is 57.1 Å². The Bertz CT molecular complexity index is 563. The highest BCUT2D eigenvalue weighted by atomic mass is 32.2. The molecule has 1 aliphatic rings. The van der Waals surface area contributed by atoms with Crippen LogP contribution in [0, 0.1) is 19.8 Å². The highest BCUT2D eigenvalue weighted by Gasteiger charge is 2.17. The SMILES string of the molecule is Cc1ccc(S(=O)(=O)NCCCC2CCOCC2)c(C)c1. The fraction of sp³-hybridized carbons (Fsp3) is 0.625. The molecule has 0 aliphatic carbocycles. The normalized spacial score (nSPS) is 17.0. The van der Waals surface area contributed by atoms with E-state index in [0.717, 1.165) is 50.0 Å². The Kier molecular flexibility index (Phi) is 5.79. The highest BCUT2D eigenvalue weighted by Crippen LogP contribution is 2.20. The van der Waals surface area contributed by atoms with Crippen molar-refractivity contribution in [3.05, 3.63) is 29.3 Å². The van der Waals surface area contributed by atoms with E-state index in [2.05, 4.69) is 4.72 Å². The first kappa shape index (κ1) is 16.5. The topological polar surface area (TPSA) is 55.4 Å². The third-order valence-electron chi connectivity index (χ3n) is 4.04. The number of benzene rings is 1. The van der Waals surface area contributed by atoms with E-state index in [4.69, 9.17) is 4.74 Å². The van der Waals surface area contributed by atoms with Crippen molar-refractivity contribution in [2.45, 2.75) is 44.4 Å². The van der Waals surface area contributed by atoms with Crippen molar-refractivity contribution in [1.29, 1.82) is 0 Å². The van der Waals surface area contributed by atoms with Gasteiger partial charge < -0.3 is 4.74 Å². The third-order valence-corrected chi connectivity index (χ3v) is 5.66. The van der Waals surface area contributed by atoms with E-state index in [1.165, 1.54) is 0 Å². The lowest BCUT2D eigenvalue weighted by atomic mass is 9.95. The molecule has 118 valence electrons. The number of sulfonamides is 1. The van der Waals surface area contributed by atoms with Crippen LogP contribution in [-0.2, 0) is 14.8 Å². The van der Waals surface area contributed by atoms with Crippen LogP contribution in [0.3, 0.4) is 0 Å². The second-order valence-corrected chi connectivity index (χ2v) is 7.60. The van der Waals surface area contributed by atoms with Crippen molar-refractivity contribution in [3.8, 4) is 0 Å². The molecule has 1 aliphatic heterocycles. The Balaban J connectivity index is 1.83. The zero-order valence-corrected chi connectivity index (χ0v) is 13.7. The van der Waals surface area contributed by atoms with Crippen molar-refractivity contribution in [3.63, 3.8) is 0 Å². The monoisotopic (exact) mass is 311 g/mol. The quantitative estimate of drug-likeness (QED) is 0.822. The van der Waals surface area contributed by atoms with Crippen LogP contribution in [0.25, 0.3) is 0 Å². The third kappa shape index (κ3) is 4.80. The summed E-state index contributed by atoms with van der Waals surface area (Å²) in [5.41, 5.74) is 1.87. The van der Waals surface area contributed by atoms with E-state index in [-0.39, 0.29) is 0 Å². The Hall–Kier alpha value is -0.910. The van der Waals surface area contributed by atoms with Crippen LogP contribution in [0.2, 0.25) is 0 Å². The smallest absolute Gasteiger partial charge is 0.240 e. The Labute approximate surface area is 127 Å². The van der Waals surface area contributed by atoms with Crippen LogP contribution < -0.4 is 4.72 Å². The first-order valence-electron chi connectivity index (χ1n) is 7.64. The summed E-state index contributed by atoms with van der Waals surface area (Å²) in [6.45, 7) is 6.00. The van der Waals surface area contributed by atoms with E-state index in [1.54, 1.807) is 6.07 Å². The molecule has 0 atom stereocenters. The van der Waals surface area contributed by atoms with Gasteiger partial charge in [-0.25, -0.2) is 13.1 Å². The van der Waals surface area contributed by atoms with Crippen molar-refractivity contribution in [1.82, 2.24) is 4.72 Å². The second-order valence-electron chi connectivity index (χ2n) is 5.86. The summed E-state index contributed by atoms with van der Waals surface area (Å²) in [5, 5.41) is 0. The first-order chi connectivity index (χ1) is 9.99. The average molecular weight is 311 g/mol. The number of hydrogen-bond donors (Lipinski definition) is 1. The Morgan fingerprint density at radius 3 is 2.62 bits per heavy atom. The van der Waals surface area contributed by atoms with E-state index in [9.17, 15) is 8.42 Å². The van der Waals surface area contributed by atoms with Crippen LogP contribution >= 0.6 is 0 Å². The zero-order valence-electron chi connectivity index (χ0n) is 12.9. The number of ether oxygens (including phenoxy) is 1. The molecule has 1 heterocycles. The number of nitrogens with one attached hydrogen (secondary N) is 1. The molecular formula is C16H25NO3S. The summed E-state index contributed by atoms with van der Waals surface area (Å²) in [6, 6.07) is 5.42. The molecule has 1 saturated heterocycles. The Morgan fingerprint density at radius 1 is 1.24 bits per heavy atom. The van der Waals surface area contributed by atoms with Crippen LogP contribution in [-0.4, -0.2) is 28.2 Å². The van der Waals surface area contributed by atoms with Gasteiger partial charge in [0.2, 0.25) is 10.0 Å². The number of aryl methyl sites for hydroxylation is 2. The Morgan fingerprint density at radius 2 is 1.95 bits per heavy atom. The van der Waals surface area contributed by atoms with Gasteiger partial charge >= 0.3 is 0 Å². The fourth-order valence-corrected chi connectivity index (χ4v) is 4.11.